The van der Waals surface area contributed by atoms with E-state index in [1.807, 2.05) is 5.32 Å². The summed E-state index contributed by atoms with van der Waals surface area (Å²) in [6.45, 7) is 2.63. The van der Waals surface area contributed by atoms with Crippen LogP contribution in [0.4, 0.5) is 53.5 Å². The highest BCUT2D eigenvalue weighted by Crippen LogP contribution is 2.47. The van der Waals surface area contributed by atoms with E-state index < -0.39 is 88.2 Å². The first-order valence-electron chi connectivity index (χ1n) is 20.5. The van der Waals surface area contributed by atoms with Gasteiger partial charge < -0.3 is 20.5 Å². The van der Waals surface area contributed by atoms with Crippen LogP contribution in [0.25, 0.3) is 0 Å². The highest BCUT2D eigenvalue weighted by molar-refractivity contribution is 7.86. The number of ether oxygens (including phenoxy) is 1. The Bertz CT molecular complexity index is 2230. The van der Waals surface area contributed by atoms with E-state index in [0.717, 1.165) is 31.0 Å². The number of halogens is 7. The third kappa shape index (κ3) is 16.3. The van der Waals surface area contributed by atoms with E-state index in [9.17, 15) is 71.4 Å². The third-order valence-corrected chi connectivity index (χ3v) is 11.4. The van der Waals surface area contributed by atoms with Crippen molar-refractivity contribution in [2.24, 2.45) is 10.2 Å². The fraction of sp³-hybridized carbons (Fsp3) is 0.512. The zero-order valence-corrected chi connectivity index (χ0v) is 36.4. The summed E-state index contributed by atoms with van der Waals surface area (Å²) in [6, 6.07) is 7.89. The quantitative estimate of drug-likeness (QED) is 0.0160. The molecule has 2 amide bonds. The number of alkyl halides is 7. The van der Waals surface area contributed by atoms with Gasteiger partial charge in [-0.05, 0) is 55.0 Å². The number of carbonyl (C=O) groups excluding carboxylic acids is 2. The lowest BCUT2D eigenvalue weighted by molar-refractivity contribution is -0.343. The molecule has 0 saturated carbocycles. The van der Waals surface area contributed by atoms with Crippen molar-refractivity contribution >= 4 is 54.8 Å². The van der Waals surface area contributed by atoms with Gasteiger partial charge in [0.05, 0.1) is 33.5 Å². The van der Waals surface area contributed by atoms with Crippen LogP contribution in [0.5, 0.6) is 11.5 Å². The Labute approximate surface area is 366 Å². The van der Waals surface area contributed by atoms with Crippen LogP contribution in [-0.4, -0.2) is 67.5 Å². The number of azo groups is 1. The Morgan fingerprint density at radius 3 is 1.55 bits per heavy atom. The van der Waals surface area contributed by atoms with Gasteiger partial charge in [0.1, 0.15) is 17.2 Å². The minimum atomic E-state index is -6.88. The Morgan fingerprint density at radius 2 is 1.09 bits per heavy atom. The molecule has 3 aromatic rings. The maximum absolute atomic E-state index is 14.1. The van der Waals surface area contributed by atoms with Crippen LogP contribution in [0.2, 0.25) is 0 Å². The molecule has 0 aromatic heterocycles. The summed E-state index contributed by atoms with van der Waals surface area (Å²) in [5.41, 5.74) is -3.43. The van der Waals surface area contributed by atoms with Crippen LogP contribution in [0.3, 0.4) is 0 Å². The topological polar surface area (TPSA) is 221 Å². The number of rotatable bonds is 27. The molecule has 64 heavy (non-hydrogen) atoms. The van der Waals surface area contributed by atoms with Crippen LogP contribution < -0.4 is 15.4 Å². The Kier molecular flexibility index (Phi) is 20.0. The second-order valence-electron chi connectivity index (χ2n) is 14.9. The lowest BCUT2D eigenvalue weighted by atomic mass is 10.0. The number of hydrogen-bond acceptors (Lipinski definition) is 10. The number of hydrogen-bond donors (Lipinski definition) is 5. The molecule has 3 rings (SSSR count). The minimum Gasteiger partial charge on any atom is -0.506 e. The van der Waals surface area contributed by atoms with E-state index in [1.54, 1.807) is 0 Å². The maximum Gasteiger partial charge on any atom is 0.460 e. The molecule has 0 fully saturated rings. The van der Waals surface area contributed by atoms with E-state index >= 15 is 0 Å². The van der Waals surface area contributed by atoms with E-state index in [-0.39, 0.29) is 5.69 Å². The maximum atomic E-state index is 14.1. The van der Waals surface area contributed by atoms with Crippen LogP contribution in [0, 0.1) is 0 Å². The van der Waals surface area contributed by atoms with Crippen molar-refractivity contribution in [3.63, 3.8) is 0 Å². The molecule has 0 spiro atoms. The average Bonchev–Trinajstić information content (AvgIpc) is 3.21. The highest BCUT2D eigenvalue weighted by Gasteiger charge is 2.76. The van der Waals surface area contributed by atoms with Crippen LogP contribution in [0.1, 0.15) is 120 Å². The van der Waals surface area contributed by atoms with Crippen LogP contribution in [-0.2, 0) is 25.0 Å². The van der Waals surface area contributed by atoms with Gasteiger partial charge in [-0.25, -0.2) is 0 Å². The zero-order valence-electron chi connectivity index (χ0n) is 34.8. The normalized spacial score (nSPS) is 12.7. The average molecular weight is 957 g/mol. The standard InChI is InChI=1S/C41H51F7N4O10S2/c1-2-3-4-5-6-7-8-9-10-11-12-13-14-15-16-17-22-62-30-20-18-29(19-21-30)51-52-34-26-35(50-38(55)39(42,43)40(44,45)41(46,47)48)36(53)27-33(34)49-37(54)28-23-31(63(56,57)58)25-32(24-28)64(59,60)61/h18-21,23-27,53H,2-17,22H2,1H3,(H,49,54)(H,50,55)(H,56,57,58)(H,59,60,61). The number of benzene rings is 3. The van der Waals surface area contributed by atoms with Crippen LogP contribution >= 0.6 is 0 Å². The molecular formula is C41H51F7N4O10S2. The molecule has 0 atom stereocenters. The molecule has 14 nitrogen and oxygen atoms in total. The molecule has 0 unspecified atom stereocenters. The number of nitrogens with one attached hydrogen (secondary N) is 2. The van der Waals surface area contributed by atoms with Gasteiger partial charge in [0.15, 0.2) is 0 Å². The first-order valence-corrected chi connectivity index (χ1v) is 23.3. The Morgan fingerprint density at radius 1 is 0.625 bits per heavy atom. The van der Waals surface area contributed by atoms with Crippen molar-refractivity contribution in [2.75, 3.05) is 17.2 Å². The van der Waals surface area contributed by atoms with E-state index in [2.05, 4.69) is 17.2 Å². The van der Waals surface area contributed by atoms with Gasteiger partial charge in [-0.3, -0.25) is 18.7 Å². The van der Waals surface area contributed by atoms with Gasteiger partial charge in [0.2, 0.25) is 0 Å². The summed E-state index contributed by atoms with van der Waals surface area (Å²) in [5.74, 6) is -18.8. The number of phenols is 1. The fourth-order valence-electron chi connectivity index (χ4n) is 6.14. The number of carbonyl (C=O) groups is 2. The number of amides is 2. The van der Waals surface area contributed by atoms with Crippen molar-refractivity contribution in [3.05, 3.63) is 60.2 Å². The van der Waals surface area contributed by atoms with Gasteiger partial charge in [-0.2, -0.15) is 52.7 Å². The predicted molar refractivity (Wildman–Crippen MR) is 222 cm³/mol. The number of anilines is 2. The molecule has 0 saturated heterocycles. The first-order chi connectivity index (χ1) is 29.9. The number of nitrogens with zero attached hydrogens (tertiary/aromatic N) is 2. The number of unbranched alkanes of at least 4 members (excludes halogenated alkanes) is 15. The number of aromatic hydroxyl groups is 1. The summed E-state index contributed by atoms with van der Waals surface area (Å²) in [6.07, 6.45) is 12.5. The summed E-state index contributed by atoms with van der Waals surface area (Å²) in [4.78, 5) is 22.9. The second kappa shape index (κ2) is 23.9. The molecule has 3 aromatic carbocycles. The van der Waals surface area contributed by atoms with Crippen LogP contribution in [0.15, 0.2) is 74.6 Å². The molecule has 0 aliphatic rings. The Balaban J connectivity index is 1.70. The molecule has 0 aliphatic carbocycles. The van der Waals surface area contributed by atoms with Crippen molar-refractivity contribution in [2.45, 2.75) is 137 Å². The highest BCUT2D eigenvalue weighted by atomic mass is 32.2. The summed E-state index contributed by atoms with van der Waals surface area (Å²) in [5, 5.41) is 21.2. The summed E-state index contributed by atoms with van der Waals surface area (Å²) < 4.78 is 165. The van der Waals surface area contributed by atoms with Gasteiger partial charge in [-0.15, -0.1) is 5.11 Å². The molecule has 0 heterocycles. The largest absolute Gasteiger partial charge is 0.506 e. The molecular weight excluding hydrogens is 906 g/mol. The SMILES string of the molecule is CCCCCCCCCCCCCCCCCCOc1ccc(N=Nc2cc(NC(=O)C(F)(F)C(F)(F)C(F)(F)F)c(O)cc2NC(=O)c2cc(S(=O)(=O)O)cc(S(=O)(=O)O)c2)cc1. The Hall–Kier alpha value is -4.87. The fourth-order valence-corrected chi connectivity index (χ4v) is 7.32. The zero-order chi connectivity index (χ0) is 47.8. The smallest absolute Gasteiger partial charge is 0.460 e. The predicted octanol–water partition coefficient (Wildman–Crippen LogP) is 12.0. The first kappa shape index (κ1) is 53.5. The van der Waals surface area contributed by atoms with Crippen molar-refractivity contribution in [3.8, 4) is 11.5 Å². The van der Waals surface area contributed by atoms with Crippen molar-refractivity contribution in [1.82, 2.24) is 0 Å². The van der Waals surface area contributed by atoms with Gasteiger partial charge in [0.25, 0.3) is 26.1 Å². The summed E-state index contributed by atoms with van der Waals surface area (Å²) in [7, 11) is -10.4. The van der Waals surface area contributed by atoms with Gasteiger partial charge >= 0.3 is 23.9 Å². The molecule has 23 heteroatoms. The van der Waals surface area contributed by atoms with Gasteiger partial charge in [0, 0.05) is 11.6 Å². The monoisotopic (exact) mass is 956 g/mol. The molecule has 0 aliphatic heterocycles. The van der Waals surface area contributed by atoms with E-state index in [4.69, 9.17) is 4.74 Å². The van der Waals surface area contributed by atoms with E-state index in [0.29, 0.717) is 42.7 Å². The molecule has 0 radical (unpaired) electrons. The van der Waals surface area contributed by atoms with E-state index in [1.165, 1.54) is 101 Å². The lowest BCUT2D eigenvalue weighted by Crippen LogP contribution is -2.57. The van der Waals surface area contributed by atoms with Crippen molar-refractivity contribution in [1.29, 1.82) is 0 Å². The minimum absolute atomic E-state index is 0.0562. The lowest BCUT2D eigenvalue weighted by Gasteiger charge is -2.27. The summed E-state index contributed by atoms with van der Waals surface area (Å²) >= 11 is 0. The second-order valence-corrected chi connectivity index (χ2v) is 17.8. The number of phenolic OH excluding ortho intramolecular Hbond substituents is 1. The third-order valence-electron chi connectivity index (χ3n) is 9.76. The van der Waals surface area contributed by atoms with Gasteiger partial charge in [-0.1, -0.05) is 103 Å². The molecule has 356 valence electrons. The molecule has 0 bridgehead atoms. The molecule has 5 N–H and O–H groups in total. The van der Waals surface area contributed by atoms with Crippen molar-refractivity contribution < 1.29 is 76.1 Å².